The van der Waals surface area contributed by atoms with E-state index in [1.807, 2.05) is 36.7 Å². The zero-order valence-corrected chi connectivity index (χ0v) is 17.2. The van der Waals surface area contributed by atoms with E-state index in [9.17, 15) is 8.42 Å². The molecule has 0 amide bonds. The highest BCUT2D eigenvalue weighted by atomic mass is 32.2. The predicted molar refractivity (Wildman–Crippen MR) is 112 cm³/mol. The van der Waals surface area contributed by atoms with Gasteiger partial charge in [-0.2, -0.15) is 4.31 Å². The van der Waals surface area contributed by atoms with Crippen LogP contribution in [0.1, 0.15) is 24.8 Å². The molecule has 1 aromatic heterocycles. The van der Waals surface area contributed by atoms with Gasteiger partial charge in [-0.3, -0.25) is 4.99 Å². The number of nitrogens with zero attached hydrogens (tertiary/aromatic N) is 3. The molecule has 2 aromatic rings. The van der Waals surface area contributed by atoms with Crippen LogP contribution in [0.3, 0.4) is 0 Å². The van der Waals surface area contributed by atoms with E-state index in [1.165, 1.54) is 0 Å². The number of aromatic nitrogens is 1. The largest absolute Gasteiger partial charge is 0.355 e. The molecule has 0 saturated carbocycles. The van der Waals surface area contributed by atoms with Crippen molar-refractivity contribution in [3.63, 3.8) is 0 Å². The van der Waals surface area contributed by atoms with Crippen molar-refractivity contribution < 1.29 is 8.42 Å². The van der Waals surface area contributed by atoms with Crippen LogP contribution in [0.15, 0.2) is 58.7 Å². The molecule has 1 fully saturated rings. The Labute approximate surface area is 167 Å². The molecule has 1 aromatic carbocycles. The molecule has 0 radical (unpaired) electrons. The second-order valence-corrected chi connectivity index (χ2v) is 8.82. The molecule has 2 heterocycles. The van der Waals surface area contributed by atoms with Gasteiger partial charge in [0.1, 0.15) is 0 Å². The molecule has 7 nitrogen and oxygen atoms in total. The highest BCUT2D eigenvalue weighted by molar-refractivity contribution is 7.89. The Morgan fingerprint density at radius 2 is 1.71 bits per heavy atom. The maximum Gasteiger partial charge on any atom is 0.243 e. The third-order valence-electron chi connectivity index (χ3n) is 4.89. The third-order valence-corrected chi connectivity index (χ3v) is 6.80. The Kier molecular flexibility index (Phi) is 7.11. The van der Waals surface area contributed by atoms with Crippen LogP contribution >= 0.6 is 0 Å². The lowest BCUT2D eigenvalue weighted by atomic mass is 10.2. The van der Waals surface area contributed by atoms with Gasteiger partial charge in [-0.15, -0.1) is 0 Å². The lowest BCUT2D eigenvalue weighted by Gasteiger charge is -2.25. The van der Waals surface area contributed by atoms with Gasteiger partial charge in [0, 0.05) is 52.2 Å². The quantitative estimate of drug-likeness (QED) is 0.548. The number of guanidine groups is 1. The number of nitrogens with one attached hydrogen (secondary N) is 2. The van der Waals surface area contributed by atoms with Crippen molar-refractivity contribution in [1.82, 2.24) is 19.5 Å². The summed E-state index contributed by atoms with van der Waals surface area (Å²) in [6.45, 7) is 3.44. The standard InChI is InChI=1S/C20H29N5O2S/c1-21-20(22-11-16-24-12-5-6-13-24)23-17-18-7-9-19(10-8-18)28(26,27)25-14-3-2-4-15-25/h5-10,12-13H,2-4,11,14-17H2,1H3,(H2,21,22,23). The molecule has 152 valence electrons. The van der Waals surface area contributed by atoms with E-state index in [0.717, 1.165) is 43.9 Å². The molecule has 1 aliphatic heterocycles. The lowest BCUT2D eigenvalue weighted by molar-refractivity contribution is 0.346. The van der Waals surface area contributed by atoms with Crippen molar-refractivity contribution in [2.75, 3.05) is 26.7 Å². The number of sulfonamides is 1. The summed E-state index contributed by atoms with van der Waals surface area (Å²) in [5.74, 6) is 0.720. The first-order valence-electron chi connectivity index (χ1n) is 9.74. The van der Waals surface area contributed by atoms with E-state index in [0.29, 0.717) is 24.5 Å². The summed E-state index contributed by atoms with van der Waals surface area (Å²) in [5, 5.41) is 6.53. The highest BCUT2D eigenvalue weighted by Crippen LogP contribution is 2.20. The first-order chi connectivity index (χ1) is 13.6. The topological polar surface area (TPSA) is 78.7 Å². The van der Waals surface area contributed by atoms with Crippen LogP contribution in [0.25, 0.3) is 0 Å². The van der Waals surface area contributed by atoms with Crippen molar-refractivity contribution in [2.24, 2.45) is 4.99 Å². The molecule has 2 N–H and O–H groups in total. The van der Waals surface area contributed by atoms with Gasteiger partial charge in [0.05, 0.1) is 4.90 Å². The van der Waals surface area contributed by atoms with Gasteiger partial charge in [-0.1, -0.05) is 18.6 Å². The Balaban J connectivity index is 1.50. The molecule has 0 spiro atoms. The molecule has 28 heavy (non-hydrogen) atoms. The molecular weight excluding hydrogens is 374 g/mol. The minimum atomic E-state index is -3.37. The summed E-state index contributed by atoms with van der Waals surface area (Å²) < 4.78 is 29.1. The van der Waals surface area contributed by atoms with Crippen LogP contribution in [0.5, 0.6) is 0 Å². The first-order valence-corrected chi connectivity index (χ1v) is 11.2. The number of rotatable bonds is 7. The highest BCUT2D eigenvalue weighted by Gasteiger charge is 2.25. The maximum absolute atomic E-state index is 12.7. The predicted octanol–water partition coefficient (Wildman–Crippen LogP) is 2.03. The number of aliphatic imine (C=N–C) groups is 1. The molecule has 1 saturated heterocycles. The average Bonchev–Trinajstić information content (AvgIpc) is 3.25. The Morgan fingerprint density at radius 1 is 1.04 bits per heavy atom. The van der Waals surface area contributed by atoms with Crippen molar-refractivity contribution in [2.45, 2.75) is 37.2 Å². The molecule has 0 aliphatic carbocycles. The number of hydrogen-bond donors (Lipinski definition) is 2. The Bertz CT molecular complexity index is 855. The van der Waals surface area contributed by atoms with Crippen LogP contribution in [-0.2, 0) is 23.1 Å². The van der Waals surface area contributed by atoms with Gasteiger partial charge in [0.25, 0.3) is 0 Å². The normalized spacial score (nSPS) is 16.1. The summed E-state index contributed by atoms with van der Waals surface area (Å²) in [6.07, 6.45) is 7.04. The fourth-order valence-electron chi connectivity index (χ4n) is 3.26. The third kappa shape index (κ3) is 5.36. The van der Waals surface area contributed by atoms with Crippen molar-refractivity contribution in [1.29, 1.82) is 0 Å². The van der Waals surface area contributed by atoms with Gasteiger partial charge >= 0.3 is 0 Å². The van der Waals surface area contributed by atoms with Crippen LogP contribution in [0.4, 0.5) is 0 Å². The average molecular weight is 404 g/mol. The van der Waals surface area contributed by atoms with Gasteiger partial charge in [0.2, 0.25) is 10.0 Å². The molecule has 0 bridgehead atoms. The monoisotopic (exact) mass is 403 g/mol. The van der Waals surface area contributed by atoms with Crippen molar-refractivity contribution in [3.05, 3.63) is 54.4 Å². The summed E-state index contributed by atoms with van der Waals surface area (Å²) in [7, 11) is -1.64. The Hall–Kier alpha value is -2.32. The van der Waals surface area contributed by atoms with Crippen molar-refractivity contribution in [3.8, 4) is 0 Å². The molecule has 0 atom stereocenters. The smallest absolute Gasteiger partial charge is 0.243 e. The van der Waals surface area contributed by atoms with Gasteiger partial charge < -0.3 is 15.2 Å². The van der Waals surface area contributed by atoms with E-state index in [1.54, 1.807) is 23.5 Å². The van der Waals surface area contributed by atoms with Crippen LogP contribution < -0.4 is 10.6 Å². The number of hydrogen-bond acceptors (Lipinski definition) is 3. The minimum absolute atomic E-state index is 0.368. The van der Waals surface area contributed by atoms with E-state index in [2.05, 4.69) is 20.2 Å². The maximum atomic E-state index is 12.7. The molecule has 3 rings (SSSR count). The lowest BCUT2D eigenvalue weighted by Crippen LogP contribution is -2.38. The minimum Gasteiger partial charge on any atom is -0.355 e. The second-order valence-electron chi connectivity index (χ2n) is 6.88. The van der Waals surface area contributed by atoms with E-state index < -0.39 is 10.0 Å². The van der Waals surface area contributed by atoms with Gasteiger partial charge in [0.15, 0.2) is 5.96 Å². The summed E-state index contributed by atoms with van der Waals surface area (Å²) in [4.78, 5) is 4.59. The zero-order chi connectivity index (χ0) is 19.8. The number of benzene rings is 1. The van der Waals surface area contributed by atoms with Crippen LogP contribution in [0.2, 0.25) is 0 Å². The second kappa shape index (κ2) is 9.75. The van der Waals surface area contributed by atoms with Crippen LogP contribution in [0, 0.1) is 0 Å². The first kappa shape index (κ1) is 20.4. The summed E-state index contributed by atoms with van der Waals surface area (Å²) >= 11 is 0. The molecule has 1 aliphatic rings. The van der Waals surface area contributed by atoms with Crippen LogP contribution in [-0.4, -0.2) is 49.9 Å². The van der Waals surface area contributed by atoms with Gasteiger partial charge in [-0.05, 0) is 42.7 Å². The van der Waals surface area contributed by atoms with E-state index in [4.69, 9.17) is 0 Å². The van der Waals surface area contributed by atoms with Crippen molar-refractivity contribution >= 4 is 16.0 Å². The van der Waals surface area contributed by atoms with Gasteiger partial charge in [-0.25, -0.2) is 8.42 Å². The SMILES string of the molecule is CN=C(NCCn1cccc1)NCc1ccc(S(=O)(=O)N2CCCCC2)cc1. The summed E-state index contributed by atoms with van der Waals surface area (Å²) in [6, 6.07) is 11.1. The fourth-order valence-corrected chi connectivity index (χ4v) is 4.78. The zero-order valence-electron chi connectivity index (χ0n) is 16.3. The van der Waals surface area contributed by atoms with E-state index >= 15 is 0 Å². The molecule has 0 unspecified atom stereocenters. The number of piperidine rings is 1. The Morgan fingerprint density at radius 3 is 2.36 bits per heavy atom. The fraction of sp³-hybridized carbons (Fsp3) is 0.450. The summed E-state index contributed by atoms with van der Waals surface area (Å²) in [5.41, 5.74) is 1.01. The van der Waals surface area contributed by atoms with E-state index in [-0.39, 0.29) is 0 Å². The molecule has 8 heteroatoms. The molecular formula is C20H29N5O2S.